The first-order valence-electron chi connectivity index (χ1n) is 10.4. The van der Waals surface area contributed by atoms with E-state index in [9.17, 15) is 0 Å². The molecule has 0 bridgehead atoms. The molecule has 1 saturated heterocycles. The molecule has 2 N–H and O–H groups in total. The van der Waals surface area contributed by atoms with Gasteiger partial charge in [0.2, 0.25) is 0 Å². The molecule has 0 aliphatic carbocycles. The first kappa shape index (κ1) is 21.6. The quantitative estimate of drug-likeness (QED) is 0.522. The predicted octanol–water partition coefficient (Wildman–Crippen LogP) is 2.91. The minimum absolute atomic E-state index is 0.481. The van der Waals surface area contributed by atoms with Crippen molar-refractivity contribution in [3.8, 4) is 23.5 Å². The molecule has 2 aromatic heterocycles. The van der Waals surface area contributed by atoms with Crippen LogP contribution in [0.2, 0.25) is 0 Å². The first-order valence-corrected chi connectivity index (χ1v) is 10.4. The molecule has 4 aromatic rings. The van der Waals surface area contributed by atoms with Crippen LogP contribution in [0.15, 0.2) is 73.1 Å². The normalized spacial score (nSPS) is 12.8. The predicted molar refractivity (Wildman–Crippen MR) is 124 cm³/mol. The maximum Gasteiger partial charge on any atom is 0.151 e. The van der Waals surface area contributed by atoms with Crippen molar-refractivity contribution in [1.82, 2.24) is 19.6 Å². The molecule has 3 heterocycles. The summed E-state index contributed by atoms with van der Waals surface area (Å²) in [5.74, 6) is 1.45. The number of nitrogens with zero attached hydrogens (tertiary/aromatic N) is 7. The zero-order valence-electron chi connectivity index (χ0n) is 17.9. The molecule has 33 heavy (non-hydrogen) atoms. The van der Waals surface area contributed by atoms with Gasteiger partial charge < -0.3 is 15.4 Å². The van der Waals surface area contributed by atoms with E-state index in [0.717, 1.165) is 43.5 Å². The second-order valence-corrected chi connectivity index (χ2v) is 7.22. The number of hydrogen-bond donors (Lipinski definition) is 1. The number of benzene rings is 2. The topological polar surface area (TPSA) is 122 Å². The van der Waals surface area contributed by atoms with Gasteiger partial charge in [-0.15, -0.1) is 0 Å². The molecule has 0 spiro atoms. The Morgan fingerprint density at radius 2 is 1.24 bits per heavy atom. The molecule has 5 rings (SSSR count). The van der Waals surface area contributed by atoms with Crippen LogP contribution in [0, 0.1) is 22.7 Å². The third kappa shape index (κ3) is 5.37. The lowest BCUT2D eigenvalue weighted by Gasteiger charge is -2.26. The highest BCUT2D eigenvalue weighted by atomic mass is 16.5. The monoisotopic (exact) mass is 438 g/mol. The van der Waals surface area contributed by atoms with Crippen LogP contribution in [0.1, 0.15) is 11.1 Å². The van der Waals surface area contributed by atoms with Gasteiger partial charge in [-0.1, -0.05) is 0 Å². The second kappa shape index (κ2) is 10.1. The number of anilines is 2. The Bertz CT molecular complexity index is 1270. The van der Waals surface area contributed by atoms with Gasteiger partial charge in [0.05, 0.1) is 47.9 Å². The van der Waals surface area contributed by atoms with Crippen LogP contribution < -0.4 is 10.6 Å². The van der Waals surface area contributed by atoms with Crippen LogP contribution in [-0.4, -0.2) is 45.9 Å². The Labute approximate surface area is 191 Å². The van der Waals surface area contributed by atoms with E-state index in [1.54, 1.807) is 41.2 Å². The van der Waals surface area contributed by atoms with E-state index < -0.39 is 0 Å². The highest BCUT2D eigenvalue weighted by Gasteiger charge is 2.13. The first-order chi connectivity index (χ1) is 16.2. The summed E-state index contributed by atoms with van der Waals surface area (Å²) >= 11 is 0. The Balaban J connectivity index is 0.000000165. The number of morpholine rings is 1. The van der Waals surface area contributed by atoms with Gasteiger partial charge in [0.25, 0.3) is 0 Å². The van der Waals surface area contributed by atoms with Gasteiger partial charge in [-0.2, -0.15) is 20.7 Å². The van der Waals surface area contributed by atoms with Gasteiger partial charge in [-0.25, -0.2) is 9.36 Å². The Hall–Kier alpha value is -4.60. The standard InChI is InChI=1S/C14H14N4O.C10H8N4/c15-11-12-1-3-13(4-2-12)18-6-5-14(16-18)17-7-9-19-10-8-17;11-7-8-1-3-9(4-2-8)14-6-5-10(12)13-14/h1-6H,7-10H2;1-6H,(H2,12,13). The fourth-order valence-electron chi connectivity index (χ4n) is 3.28. The summed E-state index contributed by atoms with van der Waals surface area (Å²) in [4.78, 5) is 2.21. The van der Waals surface area contributed by atoms with E-state index in [4.69, 9.17) is 21.0 Å². The summed E-state index contributed by atoms with van der Waals surface area (Å²) in [5.41, 5.74) is 8.62. The van der Waals surface area contributed by atoms with E-state index in [0.29, 0.717) is 16.9 Å². The SMILES string of the molecule is N#Cc1ccc(-n2ccc(N)n2)cc1.N#Cc1ccc(-n2ccc(N3CCOCC3)n2)cc1. The highest BCUT2D eigenvalue weighted by Crippen LogP contribution is 2.16. The van der Waals surface area contributed by atoms with Gasteiger partial charge in [0, 0.05) is 37.6 Å². The number of nitrogens with two attached hydrogens (primary N) is 1. The van der Waals surface area contributed by atoms with E-state index in [1.165, 1.54) is 0 Å². The third-order valence-electron chi connectivity index (χ3n) is 5.04. The van der Waals surface area contributed by atoms with Crippen molar-refractivity contribution in [2.45, 2.75) is 0 Å². The third-order valence-corrected chi connectivity index (χ3v) is 5.04. The van der Waals surface area contributed by atoms with E-state index in [2.05, 4.69) is 27.2 Å². The molecular weight excluding hydrogens is 416 g/mol. The highest BCUT2D eigenvalue weighted by molar-refractivity contribution is 5.43. The van der Waals surface area contributed by atoms with E-state index >= 15 is 0 Å². The van der Waals surface area contributed by atoms with Crippen LogP contribution in [-0.2, 0) is 4.74 Å². The van der Waals surface area contributed by atoms with E-state index in [-0.39, 0.29) is 0 Å². The lowest BCUT2D eigenvalue weighted by atomic mass is 10.2. The van der Waals surface area contributed by atoms with Crippen LogP contribution in [0.5, 0.6) is 0 Å². The number of hydrogen-bond acceptors (Lipinski definition) is 7. The van der Waals surface area contributed by atoms with Crippen molar-refractivity contribution in [3.05, 3.63) is 84.2 Å². The van der Waals surface area contributed by atoms with Crippen LogP contribution in [0.25, 0.3) is 11.4 Å². The average molecular weight is 438 g/mol. The summed E-state index contributed by atoms with van der Waals surface area (Å²) in [7, 11) is 0. The molecule has 0 atom stereocenters. The van der Waals surface area contributed by atoms with Gasteiger partial charge in [0.1, 0.15) is 5.82 Å². The Morgan fingerprint density at radius 3 is 1.73 bits per heavy atom. The van der Waals surface area contributed by atoms with Crippen molar-refractivity contribution in [3.63, 3.8) is 0 Å². The number of ether oxygens (including phenoxy) is 1. The van der Waals surface area contributed by atoms with Crippen molar-refractivity contribution in [2.24, 2.45) is 0 Å². The van der Waals surface area contributed by atoms with Gasteiger partial charge in [0.15, 0.2) is 5.82 Å². The summed E-state index contributed by atoms with van der Waals surface area (Å²) in [6.07, 6.45) is 3.71. The largest absolute Gasteiger partial charge is 0.382 e. The van der Waals surface area contributed by atoms with Gasteiger partial charge in [-0.3, -0.25) is 0 Å². The minimum Gasteiger partial charge on any atom is -0.382 e. The second-order valence-electron chi connectivity index (χ2n) is 7.22. The zero-order valence-corrected chi connectivity index (χ0v) is 17.9. The molecule has 1 fully saturated rings. The molecule has 0 amide bonds. The van der Waals surface area contributed by atoms with E-state index in [1.807, 2.05) is 41.2 Å². The van der Waals surface area contributed by atoms with Crippen molar-refractivity contribution < 1.29 is 4.74 Å². The fraction of sp³-hybridized carbons (Fsp3) is 0.167. The maximum absolute atomic E-state index is 8.78. The molecule has 9 heteroatoms. The van der Waals surface area contributed by atoms with Gasteiger partial charge >= 0.3 is 0 Å². The Morgan fingerprint density at radius 1 is 0.727 bits per heavy atom. The lowest BCUT2D eigenvalue weighted by Crippen LogP contribution is -2.36. The summed E-state index contributed by atoms with van der Waals surface area (Å²) < 4.78 is 8.82. The van der Waals surface area contributed by atoms with Crippen LogP contribution >= 0.6 is 0 Å². The van der Waals surface area contributed by atoms with Crippen LogP contribution in [0.3, 0.4) is 0 Å². The van der Waals surface area contributed by atoms with Crippen molar-refractivity contribution >= 4 is 11.6 Å². The minimum atomic E-state index is 0.481. The molecule has 2 aromatic carbocycles. The molecule has 0 radical (unpaired) electrons. The van der Waals surface area contributed by atoms with Gasteiger partial charge in [-0.05, 0) is 48.5 Å². The number of rotatable bonds is 3. The van der Waals surface area contributed by atoms with Crippen LogP contribution in [0.4, 0.5) is 11.6 Å². The summed E-state index contributed by atoms with van der Waals surface area (Å²) in [6, 6.07) is 22.4. The lowest BCUT2D eigenvalue weighted by molar-refractivity contribution is 0.122. The number of nitriles is 2. The summed E-state index contributed by atoms with van der Waals surface area (Å²) in [6.45, 7) is 3.27. The smallest absolute Gasteiger partial charge is 0.151 e. The Kier molecular flexibility index (Phi) is 6.64. The van der Waals surface area contributed by atoms with Crippen molar-refractivity contribution in [2.75, 3.05) is 36.9 Å². The van der Waals surface area contributed by atoms with Crippen molar-refractivity contribution in [1.29, 1.82) is 10.5 Å². The maximum atomic E-state index is 8.78. The molecule has 164 valence electrons. The number of aromatic nitrogens is 4. The molecular formula is C24H22N8O. The molecule has 0 saturated carbocycles. The molecule has 1 aliphatic heterocycles. The fourth-order valence-corrected chi connectivity index (χ4v) is 3.28. The molecule has 9 nitrogen and oxygen atoms in total. The summed E-state index contributed by atoms with van der Waals surface area (Å²) in [5, 5.41) is 26.0. The molecule has 0 unspecified atom stereocenters. The number of nitrogen functional groups attached to an aromatic ring is 1. The zero-order chi connectivity index (χ0) is 23.0. The average Bonchev–Trinajstić information content (AvgIpc) is 3.55. The molecule has 1 aliphatic rings.